The van der Waals surface area contributed by atoms with Gasteiger partial charge < -0.3 is 14.2 Å². The van der Waals surface area contributed by atoms with Crippen molar-refractivity contribution in [1.82, 2.24) is 5.43 Å². The Morgan fingerprint density at radius 1 is 0.939 bits per heavy atom. The van der Waals surface area contributed by atoms with Crippen molar-refractivity contribution >= 4 is 28.1 Å². The Morgan fingerprint density at radius 2 is 1.64 bits per heavy atom. The van der Waals surface area contributed by atoms with E-state index in [9.17, 15) is 9.18 Å². The van der Waals surface area contributed by atoms with Gasteiger partial charge in [0.1, 0.15) is 18.2 Å². The lowest BCUT2D eigenvalue weighted by atomic mass is 10.2. The molecule has 0 radical (unpaired) electrons. The quantitative estimate of drug-likeness (QED) is 0.277. The van der Waals surface area contributed by atoms with Crippen molar-refractivity contribution < 1.29 is 23.4 Å². The molecule has 0 fully saturated rings. The van der Waals surface area contributed by atoms with E-state index in [2.05, 4.69) is 26.5 Å². The molecule has 3 aromatic rings. The van der Waals surface area contributed by atoms with E-state index >= 15 is 0 Å². The van der Waals surface area contributed by atoms with Crippen LogP contribution in [0.1, 0.15) is 35.3 Å². The van der Waals surface area contributed by atoms with Gasteiger partial charge in [-0.2, -0.15) is 5.10 Å². The molecule has 0 atom stereocenters. The van der Waals surface area contributed by atoms with E-state index in [1.165, 1.54) is 18.3 Å². The number of amides is 1. The van der Waals surface area contributed by atoms with E-state index in [4.69, 9.17) is 14.2 Å². The standard InChI is InChI=1S/C25H24BrFN2O4/c1-3-31-23-11-7-18(14-24(23)32-4-2)25(30)29-28-15-19-13-20(26)8-12-22(19)33-16-17-5-9-21(27)10-6-17/h5-15H,3-4,16H2,1-2H3,(H,29,30)/b28-15+. The number of hydrazone groups is 1. The predicted octanol–water partition coefficient (Wildman–Crippen LogP) is 5.73. The number of hydrogen-bond acceptors (Lipinski definition) is 5. The molecule has 0 saturated heterocycles. The second-order valence-electron chi connectivity index (χ2n) is 6.82. The average molecular weight is 515 g/mol. The molecule has 3 aromatic carbocycles. The van der Waals surface area contributed by atoms with Crippen LogP contribution in [0.4, 0.5) is 4.39 Å². The van der Waals surface area contributed by atoms with Crippen molar-refractivity contribution in [2.24, 2.45) is 5.10 Å². The monoisotopic (exact) mass is 514 g/mol. The molecule has 1 N–H and O–H groups in total. The third-order valence-corrected chi connectivity index (χ3v) is 4.95. The first-order valence-corrected chi connectivity index (χ1v) is 11.2. The number of nitrogens with one attached hydrogen (secondary N) is 1. The normalized spacial score (nSPS) is 10.8. The molecule has 3 rings (SSSR count). The van der Waals surface area contributed by atoms with Gasteiger partial charge in [0.05, 0.1) is 19.4 Å². The van der Waals surface area contributed by atoms with Gasteiger partial charge in [-0.1, -0.05) is 28.1 Å². The van der Waals surface area contributed by atoms with Gasteiger partial charge in [-0.05, 0) is 67.9 Å². The highest BCUT2D eigenvalue weighted by atomic mass is 79.9. The fourth-order valence-corrected chi connectivity index (χ4v) is 3.29. The minimum atomic E-state index is -0.390. The van der Waals surface area contributed by atoms with Gasteiger partial charge in [0.15, 0.2) is 11.5 Å². The van der Waals surface area contributed by atoms with Crippen LogP contribution in [-0.4, -0.2) is 25.3 Å². The summed E-state index contributed by atoms with van der Waals surface area (Å²) >= 11 is 3.43. The summed E-state index contributed by atoms with van der Waals surface area (Å²) in [6.07, 6.45) is 1.50. The summed E-state index contributed by atoms with van der Waals surface area (Å²) in [5.41, 5.74) is 4.40. The van der Waals surface area contributed by atoms with Crippen molar-refractivity contribution in [1.29, 1.82) is 0 Å². The third kappa shape index (κ3) is 7.05. The van der Waals surface area contributed by atoms with Crippen LogP contribution in [0, 0.1) is 5.82 Å². The van der Waals surface area contributed by atoms with Crippen LogP contribution in [0.2, 0.25) is 0 Å². The number of halogens is 2. The summed E-state index contributed by atoms with van der Waals surface area (Å²) < 4.78 is 30.9. The summed E-state index contributed by atoms with van der Waals surface area (Å²) in [6, 6.07) is 16.5. The molecule has 6 nitrogen and oxygen atoms in total. The second kappa shape index (κ2) is 12.0. The lowest BCUT2D eigenvalue weighted by Crippen LogP contribution is -2.18. The molecule has 0 aliphatic carbocycles. The lowest BCUT2D eigenvalue weighted by Gasteiger charge is -2.12. The molecule has 33 heavy (non-hydrogen) atoms. The predicted molar refractivity (Wildman–Crippen MR) is 129 cm³/mol. The van der Waals surface area contributed by atoms with E-state index < -0.39 is 0 Å². The summed E-state index contributed by atoms with van der Waals surface area (Å²) in [4.78, 5) is 12.6. The number of carbonyl (C=O) groups is 1. The number of hydrogen-bond donors (Lipinski definition) is 1. The summed E-state index contributed by atoms with van der Waals surface area (Å²) in [5, 5.41) is 4.07. The van der Waals surface area contributed by atoms with Gasteiger partial charge in [-0.3, -0.25) is 4.79 Å². The summed E-state index contributed by atoms with van der Waals surface area (Å²) in [5.74, 6) is 0.960. The minimum Gasteiger partial charge on any atom is -0.490 e. The number of rotatable bonds is 10. The zero-order chi connectivity index (χ0) is 23.6. The third-order valence-electron chi connectivity index (χ3n) is 4.45. The van der Waals surface area contributed by atoms with Crippen LogP contribution < -0.4 is 19.6 Å². The highest BCUT2D eigenvalue weighted by Gasteiger charge is 2.11. The first-order chi connectivity index (χ1) is 16.0. The maximum atomic E-state index is 13.1. The Labute approximate surface area is 200 Å². The first kappa shape index (κ1) is 24.3. The number of benzene rings is 3. The van der Waals surface area contributed by atoms with Crippen LogP contribution in [0.25, 0.3) is 0 Å². The fraction of sp³-hybridized carbons (Fsp3) is 0.200. The maximum Gasteiger partial charge on any atom is 0.271 e. The van der Waals surface area contributed by atoms with Crippen molar-refractivity contribution in [2.45, 2.75) is 20.5 Å². The molecule has 0 unspecified atom stereocenters. The number of ether oxygens (including phenoxy) is 3. The van der Waals surface area contributed by atoms with Crippen LogP contribution >= 0.6 is 15.9 Å². The first-order valence-electron chi connectivity index (χ1n) is 10.4. The molecule has 0 heterocycles. The Morgan fingerprint density at radius 3 is 2.36 bits per heavy atom. The van der Waals surface area contributed by atoms with Gasteiger partial charge in [0.25, 0.3) is 5.91 Å². The van der Waals surface area contributed by atoms with Crippen molar-refractivity contribution in [2.75, 3.05) is 13.2 Å². The highest BCUT2D eigenvalue weighted by Crippen LogP contribution is 2.28. The van der Waals surface area contributed by atoms with Gasteiger partial charge in [0, 0.05) is 15.6 Å². The number of carbonyl (C=O) groups excluding carboxylic acids is 1. The summed E-state index contributed by atoms with van der Waals surface area (Å²) in [7, 11) is 0. The molecule has 0 aliphatic heterocycles. The maximum absolute atomic E-state index is 13.1. The van der Waals surface area contributed by atoms with Crippen LogP contribution in [0.3, 0.4) is 0 Å². The van der Waals surface area contributed by atoms with Gasteiger partial charge in [-0.25, -0.2) is 9.82 Å². The molecule has 0 saturated carbocycles. The van der Waals surface area contributed by atoms with E-state index in [1.807, 2.05) is 26.0 Å². The lowest BCUT2D eigenvalue weighted by molar-refractivity contribution is 0.0954. The fourth-order valence-electron chi connectivity index (χ4n) is 2.91. The molecule has 1 amide bonds. The van der Waals surface area contributed by atoms with Gasteiger partial charge in [0.2, 0.25) is 0 Å². The van der Waals surface area contributed by atoms with Crippen molar-refractivity contribution in [3.8, 4) is 17.2 Å². The molecule has 172 valence electrons. The van der Waals surface area contributed by atoms with Crippen LogP contribution in [0.15, 0.2) is 70.2 Å². The summed E-state index contributed by atoms with van der Waals surface area (Å²) in [6.45, 7) is 4.95. The van der Waals surface area contributed by atoms with E-state index in [-0.39, 0.29) is 18.3 Å². The zero-order valence-corrected chi connectivity index (χ0v) is 19.9. The van der Waals surface area contributed by atoms with E-state index in [0.717, 1.165) is 10.0 Å². The Kier molecular flexibility index (Phi) is 8.83. The SMILES string of the molecule is CCOc1ccc(C(=O)N/N=C/c2cc(Br)ccc2OCc2ccc(F)cc2)cc1OCC. The largest absolute Gasteiger partial charge is 0.490 e. The molecular formula is C25H24BrFN2O4. The highest BCUT2D eigenvalue weighted by molar-refractivity contribution is 9.10. The Hall–Kier alpha value is -3.39. The van der Waals surface area contributed by atoms with Crippen LogP contribution in [-0.2, 0) is 6.61 Å². The zero-order valence-electron chi connectivity index (χ0n) is 18.3. The number of nitrogens with zero attached hydrogens (tertiary/aromatic N) is 1. The molecule has 0 spiro atoms. The molecule has 0 bridgehead atoms. The minimum absolute atomic E-state index is 0.265. The van der Waals surface area contributed by atoms with Gasteiger partial charge in [-0.15, -0.1) is 0 Å². The van der Waals surface area contributed by atoms with Gasteiger partial charge >= 0.3 is 0 Å². The molecule has 8 heteroatoms. The van der Waals surface area contributed by atoms with E-state index in [0.29, 0.717) is 41.6 Å². The van der Waals surface area contributed by atoms with E-state index in [1.54, 1.807) is 36.4 Å². The average Bonchev–Trinajstić information content (AvgIpc) is 2.81. The van der Waals surface area contributed by atoms with Crippen molar-refractivity contribution in [3.63, 3.8) is 0 Å². The second-order valence-corrected chi connectivity index (χ2v) is 7.74. The smallest absolute Gasteiger partial charge is 0.271 e. The molecule has 0 aromatic heterocycles. The topological polar surface area (TPSA) is 69.2 Å². The molecular weight excluding hydrogens is 491 g/mol. The Balaban J connectivity index is 1.69. The van der Waals surface area contributed by atoms with Crippen LogP contribution in [0.5, 0.6) is 17.2 Å². The molecule has 0 aliphatic rings. The Bertz CT molecular complexity index is 1120. The van der Waals surface area contributed by atoms with Crippen molar-refractivity contribution in [3.05, 3.63) is 87.6 Å².